The van der Waals surface area contributed by atoms with Crippen molar-refractivity contribution in [2.45, 2.75) is 13.5 Å². The van der Waals surface area contributed by atoms with Gasteiger partial charge in [0.05, 0.1) is 6.33 Å². The average Bonchev–Trinajstić information content (AvgIpc) is 2.44. The molecule has 0 unspecified atom stereocenters. The quantitative estimate of drug-likeness (QED) is 0.835. The van der Waals surface area contributed by atoms with Gasteiger partial charge in [-0.15, -0.1) is 0 Å². The largest absolute Gasteiger partial charge is 0.350 e. The number of aromatic nitrogens is 3. The molecule has 2 aromatic rings. The number of carbonyl (C=O) groups excluding carboxylic acids is 1. The van der Waals surface area contributed by atoms with Crippen molar-refractivity contribution in [1.82, 2.24) is 19.4 Å². The normalized spacial score (nSPS) is 10.4. The fourth-order valence-corrected chi connectivity index (χ4v) is 1.84. The number of aryl methyl sites for hydroxylation is 2. The van der Waals surface area contributed by atoms with E-state index in [4.69, 9.17) is 0 Å². The molecule has 0 saturated heterocycles. The van der Waals surface area contributed by atoms with Gasteiger partial charge < -0.3 is 9.88 Å². The minimum atomic E-state index is -0.454. The summed E-state index contributed by atoms with van der Waals surface area (Å²) in [7, 11) is 1.58. The fourth-order valence-electron chi connectivity index (χ4n) is 1.84. The van der Waals surface area contributed by atoms with Crippen LogP contribution in [0.4, 0.5) is 0 Å². The molecule has 7 heteroatoms. The molecule has 0 bridgehead atoms. The summed E-state index contributed by atoms with van der Waals surface area (Å²) in [6.07, 6.45) is 3.02. The number of nitrogens with one attached hydrogen (secondary N) is 1. The third kappa shape index (κ3) is 3.44. The van der Waals surface area contributed by atoms with Crippen LogP contribution < -0.4 is 16.4 Å². The van der Waals surface area contributed by atoms with Crippen LogP contribution in [0.2, 0.25) is 0 Å². The second-order valence-electron chi connectivity index (χ2n) is 4.66. The average molecular weight is 288 g/mol. The van der Waals surface area contributed by atoms with E-state index >= 15 is 0 Å². The van der Waals surface area contributed by atoms with Gasteiger partial charge in [-0.25, -0.2) is 4.98 Å². The lowest BCUT2D eigenvalue weighted by molar-refractivity contribution is 0.0950. The zero-order valence-electron chi connectivity index (χ0n) is 11.9. The van der Waals surface area contributed by atoms with Crippen molar-refractivity contribution in [2.24, 2.45) is 7.05 Å². The number of pyridine rings is 1. The molecular formula is C14H16N4O3. The van der Waals surface area contributed by atoms with E-state index in [1.807, 2.05) is 0 Å². The topological polar surface area (TPSA) is 86.0 Å². The predicted molar refractivity (Wildman–Crippen MR) is 77.3 cm³/mol. The van der Waals surface area contributed by atoms with Gasteiger partial charge in [0, 0.05) is 38.1 Å². The monoisotopic (exact) mass is 288 g/mol. The Hall–Kier alpha value is -2.70. The Kier molecular flexibility index (Phi) is 4.32. The fraction of sp³-hybridized carbons (Fsp3) is 0.286. The van der Waals surface area contributed by atoms with Crippen LogP contribution >= 0.6 is 0 Å². The zero-order chi connectivity index (χ0) is 15.4. The molecule has 2 heterocycles. The molecule has 0 aliphatic rings. The van der Waals surface area contributed by atoms with Crippen LogP contribution in [0, 0.1) is 6.92 Å². The molecule has 2 aromatic heterocycles. The molecule has 1 amide bonds. The molecule has 0 aromatic carbocycles. The standard InChI is InChI=1S/C14H16N4O3/c1-10-8-12(19)18(9-16-10)7-5-15-13(20)11-4-3-6-17(2)14(11)21/h3-4,6,8-9H,5,7H2,1-2H3,(H,15,20). The SMILES string of the molecule is Cc1cc(=O)n(CCNC(=O)c2cccn(C)c2=O)cn1. The van der Waals surface area contributed by atoms with Crippen LogP contribution in [-0.2, 0) is 13.6 Å². The Morgan fingerprint density at radius 2 is 2.14 bits per heavy atom. The maximum atomic E-state index is 11.9. The smallest absolute Gasteiger partial charge is 0.263 e. The molecule has 0 fully saturated rings. The molecule has 7 nitrogen and oxygen atoms in total. The predicted octanol–water partition coefficient (Wildman–Crippen LogP) is -0.320. The lowest BCUT2D eigenvalue weighted by atomic mass is 10.2. The van der Waals surface area contributed by atoms with Crippen molar-refractivity contribution >= 4 is 5.91 Å². The molecule has 21 heavy (non-hydrogen) atoms. The Balaban J connectivity index is 2.00. The van der Waals surface area contributed by atoms with Gasteiger partial charge in [-0.3, -0.25) is 19.0 Å². The number of rotatable bonds is 4. The highest BCUT2D eigenvalue weighted by molar-refractivity contribution is 5.93. The van der Waals surface area contributed by atoms with Gasteiger partial charge in [0.25, 0.3) is 17.0 Å². The zero-order valence-corrected chi connectivity index (χ0v) is 11.9. The molecule has 0 aliphatic heterocycles. The summed E-state index contributed by atoms with van der Waals surface area (Å²) in [4.78, 5) is 39.4. The maximum absolute atomic E-state index is 11.9. The van der Waals surface area contributed by atoms with Gasteiger partial charge in [-0.05, 0) is 19.1 Å². The Morgan fingerprint density at radius 1 is 1.38 bits per heavy atom. The third-order valence-electron chi connectivity index (χ3n) is 3.02. The van der Waals surface area contributed by atoms with E-state index in [1.165, 1.54) is 27.6 Å². The highest BCUT2D eigenvalue weighted by Gasteiger charge is 2.10. The van der Waals surface area contributed by atoms with Crippen LogP contribution in [0.15, 0.2) is 40.3 Å². The van der Waals surface area contributed by atoms with Crippen LogP contribution in [0.25, 0.3) is 0 Å². The molecule has 0 radical (unpaired) electrons. The summed E-state index contributed by atoms with van der Waals surface area (Å²) in [5.74, 6) is -0.454. The van der Waals surface area contributed by atoms with E-state index in [0.29, 0.717) is 12.2 Å². The van der Waals surface area contributed by atoms with E-state index < -0.39 is 5.91 Å². The summed E-state index contributed by atoms with van der Waals surface area (Å²) in [5, 5.41) is 2.62. The molecule has 0 saturated carbocycles. The van der Waals surface area contributed by atoms with Crippen LogP contribution in [-0.4, -0.2) is 26.6 Å². The summed E-state index contributed by atoms with van der Waals surface area (Å²) in [6, 6.07) is 4.52. The molecule has 0 aliphatic carbocycles. The van der Waals surface area contributed by atoms with E-state index in [9.17, 15) is 14.4 Å². The summed E-state index contributed by atoms with van der Waals surface area (Å²) in [6.45, 7) is 2.27. The minimum absolute atomic E-state index is 0.0781. The van der Waals surface area contributed by atoms with E-state index in [2.05, 4.69) is 10.3 Å². The first-order chi connectivity index (χ1) is 9.99. The van der Waals surface area contributed by atoms with E-state index in [-0.39, 0.29) is 23.2 Å². The Bertz CT molecular complexity index is 776. The van der Waals surface area contributed by atoms with E-state index in [1.54, 1.807) is 26.2 Å². The van der Waals surface area contributed by atoms with Gasteiger partial charge in [0.1, 0.15) is 5.56 Å². The first-order valence-corrected chi connectivity index (χ1v) is 6.46. The molecule has 0 spiro atoms. The first kappa shape index (κ1) is 14.7. The Labute approximate surface area is 120 Å². The molecule has 0 atom stereocenters. The summed E-state index contributed by atoms with van der Waals surface area (Å²) in [5.41, 5.74) is 0.194. The number of amides is 1. The summed E-state index contributed by atoms with van der Waals surface area (Å²) >= 11 is 0. The van der Waals surface area contributed by atoms with Crippen molar-refractivity contribution < 1.29 is 4.79 Å². The van der Waals surface area contributed by atoms with Crippen molar-refractivity contribution in [3.63, 3.8) is 0 Å². The number of hydrogen-bond acceptors (Lipinski definition) is 4. The van der Waals surface area contributed by atoms with E-state index in [0.717, 1.165) is 0 Å². The van der Waals surface area contributed by atoms with Gasteiger partial charge in [-0.1, -0.05) is 0 Å². The summed E-state index contributed by atoms with van der Waals surface area (Å²) < 4.78 is 2.74. The second kappa shape index (κ2) is 6.17. The highest BCUT2D eigenvalue weighted by Crippen LogP contribution is 1.91. The first-order valence-electron chi connectivity index (χ1n) is 6.46. The van der Waals surface area contributed by atoms with Crippen LogP contribution in [0.3, 0.4) is 0 Å². The lowest BCUT2D eigenvalue weighted by Crippen LogP contribution is -2.35. The van der Waals surface area contributed by atoms with Gasteiger partial charge in [-0.2, -0.15) is 0 Å². The number of hydrogen-bond donors (Lipinski definition) is 1. The molecule has 110 valence electrons. The maximum Gasteiger partial charge on any atom is 0.263 e. The molecule has 1 N–H and O–H groups in total. The Morgan fingerprint density at radius 3 is 2.86 bits per heavy atom. The van der Waals surface area contributed by atoms with Gasteiger partial charge >= 0.3 is 0 Å². The van der Waals surface area contributed by atoms with Crippen LogP contribution in [0.1, 0.15) is 16.1 Å². The third-order valence-corrected chi connectivity index (χ3v) is 3.02. The van der Waals surface area contributed by atoms with Crippen molar-refractivity contribution in [3.05, 3.63) is 62.7 Å². The van der Waals surface area contributed by atoms with Crippen molar-refractivity contribution in [3.8, 4) is 0 Å². The van der Waals surface area contributed by atoms with Crippen molar-refractivity contribution in [1.29, 1.82) is 0 Å². The lowest BCUT2D eigenvalue weighted by Gasteiger charge is -2.07. The van der Waals surface area contributed by atoms with Crippen molar-refractivity contribution in [2.75, 3.05) is 6.54 Å². The minimum Gasteiger partial charge on any atom is -0.350 e. The number of nitrogens with zero attached hydrogens (tertiary/aromatic N) is 3. The van der Waals surface area contributed by atoms with Gasteiger partial charge in [0.2, 0.25) is 0 Å². The molecular weight excluding hydrogens is 272 g/mol. The van der Waals surface area contributed by atoms with Gasteiger partial charge in [0.15, 0.2) is 0 Å². The van der Waals surface area contributed by atoms with Crippen LogP contribution in [0.5, 0.6) is 0 Å². The second-order valence-corrected chi connectivity index (χ2v) is 4.66. The molecule has 2 rings (SSSR count). The number of carbonyl (C=O) groups is 1. The highest BCUT2D eigenvalue weighted by atomic mass is 16.2.